The number of hydrogen-bond acceptors (Lipinski definition) is 6. The van der Waals surface area contributed by atoms with Crippen LogP contribution >= 0.6 is 23.2 Å². The maximum atomic E-state index is 11.2. The van der Waals surface area contributed by atoms with Crippen molar-refractivity contribution in [3.05, 3.63) is 22.2 Å². The van der Waals surface area contributed by atoms with Crippen molar-refractivity contribution >= 4 is 46.6 Å². The maximum Gasteiger partial charge on any atom is 0.411 e. The van der Waals surface area contributed by atoms with Crippen LogP contribution in [0.4, 0.5) is 10.5 Å². The minimum absolute atomic E-state index is 0.0660. The number of anilines is 1. The molecule has 104 valence electrons. The number of benzene rings is 1. The van der Waals surface area contributed by atoms with E-state index in [-0.39, 0.29) is 21.5 Å². The molecule has 0 saturated heterocycles. The second kappa shape index (κ2) is 6.60. The minimum atomic E-state index is -1.62. The molecule has 2 amide bonds. The minimum Gasteiger partial charge on any atom is -0.505 e. The quantitative estimate of drug-likeness (QED) is 0.381. The molecule has 1 aromatic carbocycles. The van der Waals surface area contributed by atoms with Gasteiger partial charge < -0.3 is 10.2 Å². The largest absolute Gasteiger partial charge is 0.505 e. The van der Waals surface area contributed by atoms with Crippen LogP contribution in [0.15, 0.2) is 17.2 Å². The van der Waals surface area contributed by atoms with Gasteiger partial charge in [0.15, 0.2) is 5.75 Å². The van der Waals surface area contributed by atoms with E-state index in [2.05, 4.69) is 10.5 Å². The number of aromatic hydroxyl groups is 1. The second-order valence-electron chi connectivity index (χ2n) is 3.23. The molecule has 10 heteroatoms. The number of imide groups is 1. The summed E-state index contributed by atoms with van der Waals surface area (Å²) in [6, 6.07) is 3.91. The average Bonchev–Trinajstić information content (AvgIpc) is 2.35. The summed E-state index contributed by atoms with van der Waals surface area (Å²) in [5.41, 5.74) is 1.76. The summed E-state index contributed by atoms with van der Waals surface area (Å²) >= 11 is 11.3. The molecular formula is C10H6Cl2N4O4. The second-order valence-corrected chi connectivity index (χ2v) is 4.05. The van der Waals surface area contributed by atoms with Crippen LogP contribution in [0, 0.1) is 11.3 Å². The van der Waals surface area contributed by atoms with Gasteiger partial charge in [0.1, 0.15) is 6.07 Å². The number of halogens is 2. The number of phenols is 1. The van der Waals surface area contributed by atoms with Gasteiger partial charge >= 0.3 is 6.09 Å². The number of carboxylic acid groups (broad SMARTS) is 1. The zero-order valence-corrected chi connectivity index (χ0v) is 11.0. The van der Waals surface area contributed by atoms with Gasteiger partial charge in [-0.05, 0) is 12.1 Å². The first-order valence-corrected chi connectivity index (χ1v) is 5.56. The van der Waals surface area contributed by atoms with Gasteiger partial charge in [-0.3, -0.25) is 15.5 Å². The molecule has 0 fully saturated rings. The number of phenolic OH excluding ortho intramolecular Hbond substituents is 1. The zero-order chi connectivity index (χ0) is 15.3. The highest BCUT2D eigenvalue weighted by Gasteiger charge is 2.14. The smallest absolute Gasteiger partial charge is 0.411 e. The Labute approximate surface area is 122 Å². The number of nitriles is 1. The lowest BCUT2D eigenvalue weighted by Crippen LogP contribution is -2.34. The molecule has 0 heterocycles. The fourth-order valence-corrected chi connectivity index (χ4v) is 1.52. The summed E-state index contributed by atoms with van der Waals surface area (Å²) in [4.78, 5) is 21.5. The van der Waals surface area contributed by atoms with Crippen LogP contribution in [0.25, 0.3) is 0 Å². The number of nitrogens with zero attached hydrogens (tertiary/aromatic N) is 2. The molecule has 0 bridgehead atoms. The zero-order valence-electron chi connectivity index (χ0n) is 9.52. The highest BCUT2D eigenvalue weighted by molar-refractivity contribution is 6.46. The van der Waals surface area contributed by atoms with Crippen LogP contribution in [-0.2, 0) is 4.79 Å². The molecule has 0 radical (unpaired) electrons. The molecule has 0 spiro atoms. The number of rotatable bonds is 3. The Balaban J connectivity index is 2.93. The number of carbonyl (C=O) groups excluding carboxylic acids is 1. The van der Waals surface area contributed by atoms with Gasteiger partial charge in [-0.2, -0.15) is 10.4 Å². The van der Waals surface area contributed by atoms with Gasteiger partial charge in [0.2, 0.25) is 5.71 Å². The molecule has 0 aliphatic rings. The Hall–Kier alpha value is -2.50. The molecule has 0 aromatic heterocycles. The van der Waals surface area contributed by atoms with E-state index in [0.717, 1.165) is 0 Å². The summed E-state index contributed by atoms with van der Waals surface area (Å²) in [5, 5.41) is 31.1. The number of hydrogen-bond donors (Lipinski definition) is 4. The SMILES string of the molecule is N#C/C(=N/Nc1cc(Cl)c(O)c(Cl)c1)C(=O)NC(=O)O. The van der Waals surface area contributed by atoms with Crippen LogP contribution in [-0.4, -0.2) is 27.9 Å². The third kappa shape index (κ3) is 4.01. The lowest BCUT2D eigenvalue weighted by atomic mass is 10.3. The molecule has 20 heavy (non-hydrogen) atoms. The summed E-state index contributed by atoms with van der Waals surface area (Å²) in [5.74, 6) is -1.52. The van der Waals surface area contributed by atoms with Gasteiger partial charge in [0.25, 0.3) is 5.91 Å². The van der Waals surface area contributed by atoms with Crippen LogP contribution < -0.4 is 10.7 Å². The topological polar surface area (TPSA) is 135 Å². The van der Waals surface area contributed by atoms with E-state index < -0.39 is 17.7 Å². The number of nitrogens with one attached hydrogen (secondary N) is 2. The number of carbonyl (C=O) groups is 2. The first-order chi connectivity index (χ1) is 9.35. The molecule has 8 nitrogen and oxygen atoms in total. The Bertz CT molecular complexity index is 616. The Morgan fingerprint density at radius 2 is 1.85 bits per heavy atom. The van der Waals surface area contributed by atoms with Gasteiger partial charge in [-0.1, -0.05) is 23.2 Å². The van der Waals surface area contributed by atoms with Crippen molar-refractivity contribution in [2.24, 2.45) is 5.10 Å². The van der Waals surface area contributed by atoms with E-state index in [9.17, 15) is 14.7 Å². The predicted molar refractivity (Wildman–Crippen MR) is 71.0 cm³/mol. The van der Waals surface area contributed by atoms with E-state index >= 15 is 0 Å². The summed E-state index contributed by atoms with van der Waals surface area (Å²) in [6.07, 6.45) is -1.62. The summed E-state index contributed by atoms with van der Waals surface area (Å²) in [7, 11) is 0. The molecule has 0 aliphatic carbocycles. The number of hydrazone groups is 1. The van der Waals surface area contributed by atoms with Crippen molar-refractivity contribution in [2.45, 2.75) is 0 Å². The normalized spacial score (nSPS) is 10.6. The Morgan fingerprint density at radius 1 is 1.30 bits per heavy atom. The van der Waals surface area contributed by atoms with Crippen LogP contribution in [0.3, 0.4) is 0 Å². The van der Waals surface area contributed by atoms with E-state index in [0.29, 0.717) is 0 Å². The van der Waals surface area contributed by atoms with Crippen LogP contribution in [0.2, 0.25) is 10.0 Å². The monoisotopic (exact) mass is 316 g/mol. The van der Waals surface area contributed by atoms with Crippen molar-refractivity contribution in [3.8, 4) is 11.8 Å². The highest BCUT2D eigenvalue weighted by atomic mass is 35.5. The van der Waals surface area contributed by atoms with Gasteiger partial charge in [-0.25, -0.2) is 4.79 Å². The van der Waals surface area contributed by atoms with Crippen LogP contribution in [0.5, 0.6) is 5.75 Å². The fourth-order valence-electron chi connectivity index (χ4n) is 1.03. The fraction of sp³-hybridized carbons (Fsp3) is 0. The molecule has 0 aliphatic heterocycles. The Morgan fingerprint density at radius 3 is 2.30 bits per heavy atom. The van der Waals surface area contributed by atoms with E-state index in [4.69, 9.17) is 33.6 Å². The predicted octanol–water partition coefficient (Wildman–Crippen LogP) is 1.78. The van der Waals surface area contributed by atoms with Crippen molar-refractivity contribution in [1.82, 2.24) is 5.32 Å². The number of amides is 2. The molecule has 4 N–H and O–H groups in total. The van der Waals surface area contributed by atoms with Crippen molar-refractivity contribution in [2.75, 3.05) is 5.43 Å². The average molecular weight is 317 g/mol. The summed E-state index contributed by atoms with van der Waals surface area (Å²) < 4.78 is 0. The maximum absolute atomic E-state index is 11.2. The van der Waals surface area contributed by atoms with Crippen molar-refractivity contribution in [3.63, 3.8) is 0 Å². The molecule has 1 rings (SSSR count). The molecule has 0 unspecified atom stereocenters. The van der Waals surface area contributed by atoms with Gasteiger partial charge in [0, 0.05) is 0 Å². The third-order valence-corrected chi connectivity index (χ3v) is 2.43. The lowest BCUT2D eigenvalue weighted by molar-refractivity contribution is -0.113. The molecule has 0 atom stereocenters. The standard InChI is InChI=1S/C10H6Cl2N4O4/c11-5-1-4(2-6(12)8(5)17)15-16-7(3-13)9(18)14-10(19)20/h1-2,15,17H,(H,14,18)(H,19,20)/b16-7-. The molecule has 1 aromatic rings. The molecule has 0 saturated carbocycles. The lowest BCUT2D eigenvalue weighted by Gasteiger charge is -2.05. The summed E-state index contributed by atoms with van der Waals surface area (Å²) in [6.45, 7) is 0. The first kappa shape index (κ1) is 15.6. The third-order valence-electron chi connectivity index (χ3n) is 1.86. The van der Waals surface area contributed by atoms with E-state index in [1.165, 1.54) is 23.5 Å². The highest BCUT2D eigenvalue weighted by Crippen LogP contribution is 2.34. The Kier molecular flexibility index (Phi) is 5.14. The van der Waals surface area contributed by atoms with Gasteiger partial charge in [0.05, 0.1) is 15.7 Å². The first-order valence-electron chi connectivity index (χ1n) is 4.81. The van der Waals surface area contributed by atoms with E-state index in [1.807, 2.05) is 0 Å². The van der Waals surface area contributed by atoms with Gasteiger partial charge in [-0.15, -0.1) is 0 Å². The van der Waals surface area contributed by atoms with Crippen molar-refractivity contribution in [1.29, 1.82) is 5.26 Å². The van der Waals surface area contributed by atoms with E-state index in [1.54, 1.807) is 0 Å². The van der Waals surface area contributed by atoms with Crippen LogP contribution in [0.1, 0.15) is 0 Å². The molecular weight excluding hydrogens is 311 g/mol. The van der Waals surface area contributed by atoms with Crippen molar-refractivity contribution < 1.29 is 19.8 Å².